The van der Waals surface area contributed by atoms with Gasteiger partial charge in [-0.1, -0.05) is 6.07 Å². The number of anilines is 2. The summed E-state index contributed by atoms with van der Waals surface area (Å²) < 4.78 is 0. The summed E-state index contributed by atoms with van der Waals surface area (Å²) in [6.07, 6.45) is 2.45. The molecule has 2 aliphatic rings. The van der Waals surface area contributed by atoms with Crippen molar-refractivity contribution in [3.05, 3.63) is 24.3 Å². The van der Waals surface area contributed by atoms with Gasteiger partial charge < -0.3 is 9.80 Å². The van der Waals surface area contributed by atoms with Crippen molar-refractivity contribution in [1.29, 1.82) is 0 Å². The van der Waals surface area contributed by atoms with E-state index < -0.39 is 0 Å². The van der Waals surface area contributed by atoms with Crippen LogP contribution < -0.4 is 9.80 Å². The average molecular weight is 529 g/mol. The fourth-order valence-electron chi connectivity index (χ4n) is 6.08. The molecule has 0 radical (unpaired) electrons. The molecule has 6 heteroatoms. The zero-order valence-corrected chi connectivity index (χ0v) is 26.2. The van der Waals surface area contributed by atoms with Crippen LogP contribution in [0, 0.1) is 0 Å². The molecule has 0 atom stereocenters. The van der Waals surface area contributed by atoms with Crippen molar-refractivity contribution in [1.82, 2.24) is 19.6 Å². The van der Waals surface area contributed by atoms with E-state index in [1.54, 1.807) is 0 Å². The van der Waals surface area contributed by atoms with E-state index in [-0.39, 0.29) is 0 Å². The molecule has 1 aromatic carbocycles. The number of benzene rings is 1. The molecule has 2 saturated heterocycles. The first-order valence-electron chi connectivity index (χ1n) is 15.7. The molecule has 2 aliphatic heterocycles. The van der Waals surface area contributed by atoms with E-state index in [1.165, 1.54) is 50.4 Å². The minimum absolute atomic E-state index is 0.583. The number of hydrogen-bond acceptors (Lipinski definition) is 6. The molecular weight excluding hydrogens is 468 g/mol. The van der Waals surface area contributed by atoms with Crippen LogP contribution in [0.4, 0.5) is 11.4 Å². The predicted molar refractivity (Wildman–Crippen MR) is 167 cm³/mol. The lowest BCUT2D eigenvalue weighted by atomic mass is 10.1. The quantitative estimate of drug-likeness (QED) is 0.517. The Bertz CT molecular complexity index is 733. The Morgan fingerprint density at radius 1 is 0.421 bits per heavy atom. The second kappa shape index (κ2) is 15.4. The van der Waals surface area contributed by atoms with Gasteiger partial charge in [0.05, 0.1) is 0 Å². The molecule has 0 aromatic heterocycles. The Morgan fingerprint density at radius 3 is 1.08 bits per heavy atom. The first-order chi connectivity index (χ1) is 18.2. The number of nitrogens with zero attached hydrogens (tertiary/aromatic N) is 6. The smallest absolute Gasteiger partial charge is 0.0387 e. The maximum absolute atomic E-state index is 2.67. The zero-order valence-electron chi connectivity index (χ0n) is 26.2. The summed E-state index contributed by atoms with van der Waals surface area (Å²) in [6, 6.07) is 11.9. The third kappa shape index (κ3) is 9.39. The van der Waals surface area contributed by atoms with Gasteiger partial charge >= 0.3 is 0 Å². The summed E-state index contributed by atoms with van der Waals surface area (Å²) in [7, 11) is 0. The molecule has 0 amide bonds. The Morgan fingerprint density at radius 2 is 0.737 bits per heavy atom. The molecule has 38 heavy (non-hydrogen) atoms. The molecule has 0 unspecified atom stereocenters. The van der Waals surface area contributed by atoms with Gasteiger partial charge in [0.25, 0.3) is 0 Å². The van der Waals surface area contributed by atoms with Crippen LogP contribution in [0.15, 0.2) is 24.3 Å². The molecule has 0 bridgehead atoms. The van der Waals surface area contributed by atoms with Crippen molar-refractivity contribution in [3.63, 3.8) is 0 Å². The monoisotopic (exact) mass is 528 g/mol. The van der Waals surface area contributed by atoms with Gasteiger partial charge in [-0.15, -0.1) is 0 Å². The molecule has 3 rings (SSSR count). The third-order valence-corrected chi connectivity index (χ3v) is 8.89. The highest BCUT2D eigenvalue weighted by molar-refractivity contribution is 5.59. The van der Waals surface area contributed by atoms with Gasteiger partial charge in [0, 0.05) is 114 Å². The Balaban J connectivity index is 1.77. The molecular formula is C32H60N6. The van der Waals surface area contributed by atoms with Crippen molar-refractivity contribution in [2.75, 3.05) is 88.3 Å². The molecule has 6 nitrogen and oxygen atoms in total. The van der Waals surface area contributed by atoms with Crippen molar-refractivity contribution < 1.29 is 0 Å². The van der Waals surface area contributed by atoms with Gasteiger partial charge in [-0.2, -0.15) is 0 Å². The second-order valence-corrected chi connectivity index (χ2v) is 12.7. The molecule has 2 fully saturated rings. The summed E-state index contributed by atoms with van der Waals surface area (Å²) in [5.41, 5.74) is 2.79. The number of rotatable bonds is 6. The van der Waals surface area contributed by atoms with E-state index in [1.807, 2.05) is 0 Å². The molecule has 218 valence electrons. The lowest BCUT2D eigenvalue weighted by Gasteiger charge is -2.38. The van der Waals surface area contributed by atoms with E-state index in [4.69, 9.17) is 0 Å². The van der Waals surface area contributed by atoms with E-state index >= 15 is 0 Å². The fraction of sp³-hybridized carbons (Fsp3) is 0.812. The van der Waals surface area contributed by atoms with Crippen LogP contribution in [0.3, 0.4) is 0 Å². The SMILES string of the molecule is CC(C)N1CCCN(c2cccc(N3CCCN(C(C)C)CCN(C(C)C)CC3)c2)CCN(C(C)C)CC1. The summed E-state index contributed by atoms with van der Waals surface area (Å²) >= 11 is 0. The summed E-state index contributed by atoms with van der Waals surface area (Å²) in [6.45, 7) is 32.6. The van der Waals surface area contributed by atoms with Gasteiger partial charge in [-0.25, -0.2) is 0 Å². The highest BCUT2D eigenvalue weighted by Gasteiger charge is 2.21. The Labute approximate surface area is 235 Å². The van der Waals surface area contributed by atoms with E-state index in [0.717, 1.165) is 52.4 Å². The van der Waals surface area contributed by atoms with Gasteiger partial charge in [-0.05, 0) is 86.4 Å². The van der Waals surface area contributed by atoms with E-state index in [9.17, 15) is 0 Å². The Hall–Kier alpha value is -1.34. The Kier molecular flexibility index (Phi) is 12.7. The molecule has 0 N–H and O–H groups in total. The normalized spacial score (nSPS) is 21.7. The van der Waals surface area contributed by atoms with Gasteiger partial charge in [0.1, 0.15) is 0 Å². The molecule has 0 aliphatic carbocycles. The van der Waals surface area contributed by atoms with Crippen LogP contribution in [-0.4, -0.2) is 122 Å². The number of hydrogen-bond donors (Lipinski definition) is 0. The maximum atomic E-state index is 2.67. The highest BCUT2D eigenvalue weighted by atomic mass is 15.3. The van der Waals surface area contributed by atoms with E-state index in [2.05, 4.69) is 109 Å². The predicted octanol–water partition coefficient (Wildman–Crippen LogP) is 4.95. The molecule has 1 aromatic rings. The van der Waals surface area contributed by atoms with Crippen molar-refractivity contribution in [2.45, 2.75) is 92.4 Å². The summed E-state index contributed by atoms with van der Waals surface area (Å²) in [4.78, 5) is 16.0. The topological polar surface area (TPSA) is 19.4 Å². The van der Waals surface area contributed by atoms with Gasteiger partial charge in [0.2, 0.25) is 0 Å². The second-order valence-electron chi connectivity index (χ2n) is 12.7. The van der Waals surface area contributed by atoms with Crippen LogP contribution in [0.5, 0.6) is 0 Å². The summed E-state index contributed by atoms with van der Waals surface area (Å²) in [5, 5.41) is 0. The van der Waals surface area contributed by atoms with Crippen molar-refractivity contribution in [2.24, 2.45) is 0 Å². The van der Waals surface area contributed by atoms with Crippen LogP contribution in [-0.2, 0) is 0 Å². The zero-order chi connectivity index (χ0) is 27.7. The van der Waals surface area contributed by atoms with Gasteiger partial charge in [0.15, 0.2) is 0 Å². The van der Waals surface area contributed by atoms with Crippen molar-refractivity contribution in [3.8, 4) is 0 Å². The lowest BCUT2D eigenvalue weighted by Crippen LogP contribution is -2.47. The fourth-order valence-corrected chi connectivity index (χ4v) is 6.08. The van der Waals surface area contributed by atoms with Crippen LogP contribution in [0.1, 0.15) is 68.2 Å². The minimum Gasteiger partial charge on any atom is -0.370 e. The van der Waals surface area contributed by atoms with Crippen LogP contribution in [0.2, 0.25) is 0 Å². The first kappa shape index (κ1) is 31.2. The maximum Gasteiger partial charge on any atom is 0.0387 e. The first-order valence-corrected chi connectivity index (χ1v) is 15.7. The average Bonchev–Trinajstić information content (AvgIpc) is 2.88. The third-order valence-electron chi connectivity index (χ3n) is 8.89. The lowest BCUT2D eigenvalue weighted by molar-refractivity contribution is 0.151. The standard InChI is InChI=1S/C32H60N6/c1-27(2)33-14-10-16-37(24-22-35(20-18-33)29(5)6)31-12-9-13-32(26-31)38-17-11-15-34(28(3)4)19-21-36(23-25-38)30(7)8/h9,12-13,26-30H,10-11,14-25H2,1-8H3. The van der Waals surface area contributed by atoms with E-state index in [0.29, 0.717) is 24.2 Å². The van der Waals surface area contributed by atoms with Crippen LogP contribution in [0.25, 0.3) is 0 Å². The highest BCUT2D eigenvalue weighted by Crippen LogP contribution is 2.24. The molecule has 2 heterocycles. The largest absolute Gasteiger partial charge is 0.370 e. The minimum atomic E-state index is 0.583. The summed E-state index contributed by atoms with van der Waals surface area (Å²) in [5.74, 6) is 0. The van der Waals surface area contributed by atoms with Crippen LogP contribution >= 0.6 is 0 Å². The van der Waals surface area contributed by atoms with Crippen molar-refractivity contribution >= 4 is 11.4 Å². The molecule has 0 saturated carbocycles. The van der Waals surface area contributed by atoms with Gasteiger partial charge in [-0.3, -0.25) is 19.6 Å². The molecule has 0 spiro atoms.